The second-order valence-electron chi connectivity index (χ2n) is 5.73. The van der Waals surface area contributed by atoms with Crippen molar-refractivity contribution < 1.29 is 17.9 Å². The van der Waals surface area contributed by atoms with E-state index in [0.29, 0.717) is 18.7 Å². The molecule has 0 bridgehead atoms. The van der Waals surface area contributed by atoms with Gasteiger partial charge in [-0.2, -0.15) is 4.31 Å². The van der Waals surface area contributed by atoms with Crippen molar-refractivity contribution in [1.29, 1.82) is 0 Å². The van der Waals surface area contributed by atoms with E-state index in [0.717, 1.165) is 19.4 Å². The van der Waals surface area contributed by atoms with Crippen LogP contribution in [0.15, 0.2) is 23.1 Å². The highest BCUT2D eigenvalue weighted by atomic mass is 32.2. The Bertz CT molecular complexity index is 667. The van der Waals surface area contributed by atoms with Gasteiger partial charge < -0.3 is 10.1 Å². The van der Waals surface area contributed by atoms with Crippen LogP contribution in [0, 0.1) is 6.92 Å². The highest BCUT2D eigenvalue weighted by Gasteiger charge is 2.33. The van der Waals surface area contributed by atoms with Crippen molar-refractivity contribution in [2.45, 2.75) is 37.6 Å². The van der Waals surface area contributed by atoms with Crippen LogP contribution in [0.25, 0.3) is 0 Å². The van der Waals surface area contributed by atoms with Crippen molar-refractivity contribution >= 4 is 16.0 Å². The molecular weight excluding hydrogens is 316 g/mol. The number of hydrogen-bond acceptors (Lipinski definition) is 5. The minimum atomic E-state index is -3.66. The van der Waals surface area contributed by atoms with Crippen LogP contribution < -0.4 is 5.32 Å². The number of nitrogens with one attached hydrogen (secondary N) is 1. The number of methoxy groups -OCH3 is 1. The molecule has 0 spiro atoms. The zero-order valence-corrected chi connectivity index (χ0v) is 14.6. The molecule has 1 heterocycles. The lowest BCUT2D eigenvalue weighted by atomic mass is 10.1. The van der Waals surface area contributed by atoms with Gasteiger partial charge in [-0.15, -0.1) is 0 Å². The fraction of sp³-hybridized carbons (Fsp3) is 0.562. The molecule has 1 aliphatic rings. The van der Waals surface area contributed by atoms with Crippen molar-refractivity contribution in [3.8, 4) is 0 Å². The summed E-state index contributed by atoms with van der Waals surface area (Å²) in [6, 6.07) is 4.61. The first-order valence-electron chi connectivity index (χ1n) is 7.83. The van der Waals surface area contributed by atoms with Gasteiger partial charge in [-0.1, -0.05) is 13.0 Å². The smallest absolute Gasteiger partial charge is 0.337 e. The van der Waals surface area contributed by atoms with E-state index in [4.69, 9.17) is 4.74 Å². The van der Waals surface area contributed by atoms with Gasteiger partial charge in [-0.25, -0.2) is 13.2 Å². The second-order valence-corrected chi connectivity index (χ2v) is 7.59. The monoisotopic (exact) mass is 340 g/mol. The van der Waals surface area contributed by atoms with Crippen LogP contribution in [0.5, 0.6) is 0 Å². The van der Waals surface area contributed by atoms with Gasteiger partial charge in [0.25, 0.3) is 0 Å². The third-order valence-electron chi connectivity index (χ3n) is 4.08. The van der Waals surface area contributed by atoms with E-state index < -0.39 is 16.0 Å². The fourth-order valence-corrected chi connectivity index (χ4v) is 4.85. The van der Waals surface area contributed by atoms with E-state index in [2.05, 4.69) is 5.32 Å². The van der Waals surface area contributed by atoms with Gasteiger partial charge in [0.15, 0.2) is 0 Å². The molecule has 1 saturated heterocycles. The maximum atomic E-state index is 13.1. The van der Waals surface area contributed by atoms with Crippen molar-refractivity contribution in [2.75, 3.05) is 26.7 Å². The van der Waals surface area contributed by atoms with Crippen LogP contribution in [0.1, 0.15) is 35.7 Å². The van der Waals surface area contributed by atoms with Crippen molar-refractivity contribution in [3.63, 3.8) is 0 Å². The highest BCUT2D eigenvalue weighted by Crippen LogP contribution is 2.25. The number of carbonyl (C=O) groups is 1. The van der Waals surface area contributed by atoms with Gasteiger partial charge in [0.1, 0.15) is 0 Å². The van der Waals surface area contributed by atoms with Gasteiger partial charge >= 0.3 is 5.97 Å². The molecule has 0 amide bonds. The maximum Gasteiger partial charge on any atom is 0.337 e. The summed E-state index contributed by atoms with van der Waals surface area (Å²) in [5.41, 5.74) is 0.877. The molecule has 1 fully saturated rings. The molecule has 1 aromatic rings. The minimum absolute atomic E-state index is 0.0406. The number of rotatable bonds is 6. The van der Waals surface area contributed by atoms with Crippen molar-refractivity contribution in [2.24, 2.45) is 0 Å². The fourth-order valence-electron chi connectivity index (χ4n) is 2.85. The number of carbonyl (C=O) groups excluding carboxylic acids is 1. The normalized spacial score (nSPS) is 18.3. The molecule has 1 unspecified atom stereocenters. The van der Waals surface area contributed by atoms with E-state index in [9.17, 15) is 13.2 Å². The van der Waals surface area contributed by atoms with Crippen LogP contribution in [-0.4, -0.2) is 51.5 Å². The molecule has 0 radical (unpaired) electrons. The van der Waals surface area contributed by atoms with Crippen LogP contribution in [0.4, 0.5) is 0 Å². The van der Waals surface area contributed by atoms with Crippen LogP contribution >= 0.6 is 0 Å². The molecular formula is C16H24N2O4S. The molecule has 7 heteroatoms. The predicted molar refractivity (Wildman–Crippen MR) is 88.0 cm³/mol. The number of sulfonamides is 1. The predicted octanol–water partition coefficient (Wildman–Crippen LogP) is 1.54. The van der Waals surface area contributed by atoms with Crippen LogP contribution in [0.2, 0.25) is 0 Å². The number of ether oxygens (including phenoxy) is 1. The SMILES string of the molecule is CCCN(C1CCNC1)S(=O)(=O)c1cc(C(=O)OC)ccc1C. The molecule has 128 valence electrons. The number of nitrogens with zero attached hydrogens (tertiary/aromatic N) is 1. The Morgan fingerprint density at radius 3 is 2.74 bits per heavy atom. The van der Waals surface area contributed by atoms with Gasteiger partial charge in [0.05, 0.1) is 17.6 Å². The van der Waals surface area contributed by atoms with Crippen LogP contribution in [-0.2, 0) is 14.8 Å². The standard InChI is InChI=1S/C16H24N2O4S/c1-4-9-18(14-7-8-17-11-14)23(20,21)15-10-13(16(19)22-3)6-5-12(15)2/h5-6,10,14,17H,4,7-9,11H2,1-3H3. The van der Waals surface area contributed by atoms with Crippen LogP contribution in [0.3, 0.4) is 0 Å². The summed E-state index contributed by atoms with van der Waals surface area (Å²) in [6.45, 7) is 5.65. The number of benzene rings is 1. The van der Waals surface area contributed by atoms with E-state index >= 15 is 0 Å². The van der Waals surface area contributed by atoms with E-state index in [1.807, 2.05) is 6.92 Å². The second kappa shape index (κ2) is 7.42. The molecule has 2 rings (SSSR count). The molecule has 0 aliphatic carbocycles. The highest BCUT2D eigenvalue weighted by molar-refractivity contribution is 7.89. The lowest BCUT2D eigenvalue weighted by Crippen LogP contribution is -2.42. The Balaban J connectivity index is 2.45. The Kier molecular flexibility index (Phi) is 5.78. The van der Waals surface area contributed by atoms with E-state index in [-0.39, 0.29) is 16.5 Å². The topological polar surface area (TPSA) is 75.7 Å². The first kappa shape index (κ1) is 17.9. The molecule has 1 aliphatic heterocycles. The van der Waals surface area contributed by atoms with Crippen molar-refractivity contribution in [3.05, 3.63) is 29.3 Å². The third kappa shape index (κ3) is 3.73. The number of esters is 1. The third-order valence-corrected chi connectivity index (χ3v) is 6.18. The van der Waals surface area contributed by atoms with E-state index in [1.165, 1.54) is 13.2 Å². The zero-order chi connectivity index (χ0) is 17.0. The van der Waals surface area contributed by atoms with E-state index in [1.54, 1.807) is 23.4 Å². The first-order chi connectivity index (χ1) is 10.9. The van der Waals surface area contributed by atoms with Gasteiger partial charge in [0.2, 0.25) is 10.0 Å². The summed E-state index contributed by atoms with van der Waals surface area (Å²) >= 11 is 0. The summed E-state index contributed by atoms with van der Waals surface area (Å²) in [4.78, 5) is 11.9. The maximum absolute atomic E-state index is 13.1. The number of hydrogen-bond donors (Lipinski definition) is 1. The Labute approximate surface area is 137 Å². The lowest BCUT2D eigenvalue weighted by Gasteiger charge is -2.28. The van der Waals surface area contributed by atoms with Gasteiger partial charge in [0, 0.05) is 19.1 Å². The molecule has 0 saturated carbocycles. The molecule has 1 N–H and O–H groups in total. The Morgan fingerprint density at radius 1 is 1.43 bits per heavy atom. The molecule has 6 nitrogen and oxygen atoms in total. The Hall–Kier alpha value is -1.44. The largest absolute Gasteiger partial charge is 0.465 e. The molecule has 23 heavy (non-hydrogen) atoms. The number of aryl methyl sites for hydroxylation is 1. The average Bonchev–Trinajstić information content (AvgIpc) is 3.05. The summed E-state index contributed by atoms with van der Waals surface area (Å²) in [5.74, 6) is -0.536. The zero-order valence-electron chi connectivity index (χ0n) is 13.8. The van der Waals surface area contributed by atoms with Gasteiger partial charge in [-0.05, 0) is 44.0 Å². The first-order valence-corrected chi connectivity index (χ1v) is 9.27. The molecule has 1 atom stereocenters. The lowest BCUT2D eigenvalue weighted by molar-refractivity contribution is 0.0600. The average molecular weight is 340 g/mol. The summed E-state index contributed by atoms with van der Waals surface area (Å²) in [5, 5.41) is 3.21. The molecule has 0 aromatic heterocycles. The summed E-state index contributed by atoms with van der Waals surface area (Å²) < 4.78 is 32.5. The minimum Gasteiger partial charge on any atom is -0.465 e. The Morgan fingerprint density at radius 2 is 2.17 bits per heavy atom. The summed E-state index contributed by atoms with van der Waals surface area (Å²) in [6.07, 6.45) is 1.54. The summed E-state index contributed by atoms with van der Waals surface area (Å²) in [7, 11) is -2.37. The quantitative estimate of drug-likeness (QED) is 0.795. The van der Waals surface area contributed by atoms with Crippen molar-refractivity contribution in [1.82, 2.24) is 9.62 Å². The van der Waals surface area contributed by atoms with Gasteiger partial charge in [-0.3, -0.25) is 0 Å². The molecule has 1 aromatic carbocycles.